The Labute approximate surface area is 123 Å². The highest BCUT2D eigenvalue weighted by molar-refractivity contribution is 7.80. The molecule has 1 atom stereocenters. The van der Waals surface area contributed by atoms with Gasteiger partial charge in [-0.2, -0.15) is 0 Å². The minimum atomic E-state index is 0.228. The summed E-state index contributed by atoms with van der Waals surface area (Å²) in [6.45, 7) is 6.32. The van der Waals surface area contributed by atoms with Crippen LogP contribution in [0.15, 0.2) is 35.7 Å². The third-order valence-electron chi connectivity index (χ3n) is 3.08. The summed E-state index contributed by atoms with van der Waals surface area (Å²) in [5, 5.41) is 9.26. The second-order valence-corrected chi connectivity index (χ2v) is 6.02. The Bertz CT molecular complexity index is 562. The molecule has 4 heteroatoms. The van der Waals surface area contributed by atoms with Crippen molar-refractivity contribution in [3.63, 3.8) is 0 Å². The summed E-state index contributed by atoms with van der Waals surface area (Å²) in [6, 6.07) is 10.7. The lowest BCUT2D eigenvalue weighted by Crippen LogP contribution is -2.30. The Morgan fingerprint density at radius 2 is 2.00 bits per heavy atom. The molecule has 1 heterocycles. The average molecular weight is 290 g/mol. The quantitative estimate of drug-likeness (QED) is 0.819. The fraction of sp³-hybridized carbons (Fsp3) is 0.267. The Morgan fingerprint density at radius 3 is 2.63 bits per heavy atom. The lowest BCUT2D eigenvalue weighted by molar-refractivity contribution is 0.737. The van der Waals surface area contributed by atoms with Gasteiger partial charge in [-0.05, 0) is 67.7 Å². The van der Waals surface area contributed by atoms with E-state index in [0.29, 0.717) is 5.11 Å². The molecule has 0 fully saturated rings. The molecule has 0 unspecified atom stereocenters. The van der Waals surface area contributed by atoms with Crippen LogP contribution >= 0.6 is 23.6 Å². The number of hydrogen-bond acceptors (Lipinski definition) is 2. The number of anilines is 1. The van der Waals surface area contributed by atoms with Crippen LogP contribution in [-0.4, -0.2) is 5.11 Å². The first kappa shape index (κ1) is 14.0. The van der Waals surface area contributed by atoms with E-state index in [0.717, 1.165) is 5.69 Å². The minimum Gasteiger partial charge on any atom is -0.355 e. The van der Waals surface area contributed by atoms with Crippen LogP contribution in [0.25, 0.3) is 0 Å². The first-order chi connectivity index (χ1) is 9.06. The normalized spacial score (nSPS) is 11.9. The van der Waals surface area contributed by atoms with E-state index in [9.17, 15) is 0 Å². The summed E-state index contributed by atoms with van der Waals surface area (Å²) in [6.07, 6.45) is 0. The molecule has 1 aromatic heterocycles. The van der Waals surface area contributed by atoms with Crippen LogP contribution in [0.5, 0.6) is 0 Å². The summed E-state index contributed by atoms with van der Waals surface area (Å²) in [5.41, 5.74) is 3.58. The molecule has 2 rings (SSSR count). The first-order valence-corrected chi connectivity index (χ1v) is 7.53. The van der Waals surface area contributed by atoms with Gasteiger partial charge in [0, 0.05) is 10.6 Å². The highest BCUT2D eigenvalue weighted by Crippen LogP contribution is 2.19. The van der Waals surface area contributed by atoms with Gasteiger partial charge >= 0.3 is 0 Å². The van der Waals surface area contributed by atoms with E-state index in [1.807, 2.05) is 6.07 Å². The summed E-state index contributed by atoms with van der Waals surface area (Å²) < 4.78 is 0. The third-order valence-corrected chi connectivity index (χ3v) is 4.36. The Hall–Kier alpha value is -1.39. The van der Waals surface area contributed by atoms with E-state index >= 15 is 0 Å². The van der Waals surface area contributed by atoms with Crippen molar-refractivity contribution in [1.29, 1.82) is 0 Å². The number of aryl methyl sites for hydroxylation is 2. The van der Waals surface area contributed by atoms with Crippen molar-refractivity contribution in [1.82, 2.24) is 5.32 Å². The molecular weight excluding hydrogens is 272 g/mol. The van der Waals surface area contributed by atoms with Crippen molar-refractivity contribution in [3.05, 3.63) is 51.7 Å². The molecule has 0 saturated carbocycles. The van der Waals surface area contributed by atoms with Crippen LogP contribution in [0.3, 0.4) is 0 Å². The molecule has 0 aliphatic heterocycles. The van der Waals surface area contributed by atoms with Gasteiger partial charge in [-0.15, -0.1) is 11.3 Å². The highest BCUT2D eigenvalue weighted by atomic mass is 32.1. The molecule has 2 nitrogen and oxygen atoms in total. The van der Waals surface area contributed by atoms with Gasteiger partial charge in [-0.1, -0.05) is 12.1 Å². The van der Waals surface area contributed by atoms with Crippen LogP contribution in [0.2, 0.25) is 0 Å². The van der Waals surface area contributed by atoms with Crippen molar-refractivity contribution in [2.45, 2.75) is 26.8 Å². The minimum absolute atomic E-state index is 0.228. The first-order valence-electron chi connectivity index (χ1n) is 6.24. The molecule has 2 N–H and O–H groups in total. The average Bonchev–Trinajstić information content (AvgIpc) is 2.87. The molecule has 100 valence electrons. The monoisotopic (exact) mass is 290 g/mol. The number of thiophene rings is 1. The number of rotatable bonds is 3. The summed E-state index contributed by atoms with van der Waals surface area (Å²) in [7, 11) is 0. The van der Waals surface area contributed by atoms with Gasteiger partial charge in [0.05, 0.1) is 6.04 Å². The predicted octanol–water partition coefficient (Wildman–Crippen LogP) is 4.41. The molecule has 0 radical (unpaired) electrons. The zero-order valence-electron chi connectivity index (χ0n) is 11.4. The van der Waals surface area contributed by atoms with Crippen molar-refractivity contribution >= 4 is 34.4 Å². The lowest BCUT2D eigenvalue weighted by atomic mass is 10.1. The van der Waals surface area contributed by atoms with Crippen molar-refractivity contribution in [3.8, 4) is 0 Å². The number of thiocarbonyl (C=S) groups is 1. The standard InChI is InChI=1S/C15H18N2S2/c1-10-6-7-13(9-11(10)2)17-15(18)16-12(3)14-5-4-8-19-14/h4-9,12H,1-3H3,(H2,16,17,18)/t12-/m1/s1. The third kappa shape index (κ3) is 3.78. The molecule has 0 spiro atoms. The number of hydrogen-bond donors (Lipinski definition) is 2. The van der Waals surface area contributed by atoms with Gasteiger partial charge in [0.2, 0.25) is 0 Å². The molecule has 0 saturated heterocycles. The smallest absolute Gasteiger partial charge is 0.171 e. The lowest BCUT2D eigenvalue weighted by Gasteiger charge is -2.16. The van der Waals surface area contributed by atoms with Crippen molar-refractivity contribution in [2.75, 3.05) is 5.32 Å². The van der Waals surface area contributed by atoms with Crippen molar-refractivity contribution < 1.29 is 0 Å². The molecule has 0 amide bonds. The molecule has 19 heavy (non-hydrogen) atoms. The molecule has 0 aliphatic carbocycles. The molecule has 0 aliphatic rings. The fourth-order valence-corrected chi connectivity index (χ4v) is 2.82. The maximum Gasteiger partial charge on any atom is 0.171 e. The molecule has 0 bridgehead atoms. The van der Waals surface area contributed by atoms with Crippen LogP contribution < -0.4 is 10.6 Å². The van der Waals surface area contributed by atoms with Gasteiger partial charge in [-0.25, -0.2) is 0 Å². The van der Waals surface area contributed by atoms with Crippen LogP contribution in [0.4, 0.5) is 5.69 Å². The molecular formula is C15H18N2S2. The second-order valence-electron chi connectivity index (χ2n) is 4.63. The maximum atomic E-state index is 5.34. The van der Waals surface area contributed by atoms with E-state index in [2.05, 4.69) is 61.1 Å². The number of nitrogens with one attached hydrogen (secondary N) is 2. The zero-order valence-corrected chi connectivity index (χ0v) is 13.0. The van der Waals surface area contributed by atoms with Crippen LogP contribution in [-0.2, 0) is 0 Å². The Morgan fingerprint density at radius 1 is 1.21 bits per heavy atom. The fourth-order valence-electron chi connectivity index (χ4n) is 1.79. The maximum absolute atomic E-state index is 5.34. The SMILES string of the molecule is Cc1ccc(NC(=S)N[C@H](C)c2cccs2)cc1C. The van der Waals surface area contributed by atoms with E-state index in [-0.39, 0.29) is 6.04 Å². The summed E-state index contributed by atoms with van der Waals surface area (Å²) in [5.74, 6) is 0. The predicted molar refractivity (Wildman–Crippen MR) is 88.0 cm³/mol. The van der Waals surface area contributed by atoms with Gasteiger partial charge in [0.25, 0.3) is 0 Å². The van der Waals surface area contributed by atoms with Gasteiger partial charge in [0.15, 0.2) is 5.11 Å². The second kappa shape index (κ2) is 6.17. The Kier molecular flexibility index (Phi) is 4.56. The van der Waals surface area contributed by atoms with Gasteiger partial charge < -0.3 is 10.6 Å². The Balaban J connectivity index is 1.95. The summed E-state index contributed by atoms with van der Waals surface area (Å²) >= 11 is 7.08. The van der Waals surface area contributed by atoms with Crippen LogP contribution in [0, 0.1) is 13.8 Å². The van der Waals surface area contributed by atoms with E-state index < -0.39 is 0 Å². The van der Waals surface area contributed by atoms with Gasteiger partial charge in [-0.3, -0.25) is 0 Å². The highest BCUT2D eigenvalue weighted by Gasteiger charge is 2.07. The van der Waals surface area contributed by atoms with E-state index in [1.165, 1.54) is 16.0 Å². The van der Waals surface area contributed by atoms with E-state index in [1.54, 1.807) is 11.3 Å². The largest absolute Gasteiger partial charge is 0.355 e. The molecule has 1 aromatic carbocycles. The topological polar surface area (TPSA) is 24.1 Å². The number of benzene rings is 1. The summed E-state index contributed by atoms with van der Waals surface area (Å²) in [4.78, 5) is 1.28. The van der Waals surface area contributed by atoms with Gasteiger partial charge in [0.1, 0.15) is 0 Å². The zero-order chi connectivity index (χ0) is 13.8. The van der Waals surface area contributed by atoms with Crippen molar-refractivity contribution in [2.24, 2.45) is 0 Å². The van der Waals surface area contributed by atoms with Crippen LogP contribution in [0.1, 0.15) is 29.0 Å². The van der Waals surface area contributed by atoms with E-state index in [4.69, 9.17) is 12.2 Å². The molecule has 2 aromatic rings.